The Morgan fingerprint density at radius 1 is 1.03 bits per heavy atom. The lowest BCUT2D eigenvalue weighted by molar-refractivity contribution is -0.140. The summed E-state index contributed by atoms with van der Waals surface area (Å²) in [5, 5.41) is 3.38. The number of hydrogen-bond donors (Lipinski definition) is 1. The van der Waals surface area contributed by atoms with Gasteiger partial charge in [-0.15, -0.1) is 0 Å². The van der Waals surface area contributed by atoms with Crippen molar-refractivity contribution in [3.63, 3.8) is 0 Å². The minimum absolute atomic E-state index is 0.102. The number of carbonyl (C=O) groups is 2. The molecule has 1 unspecified atom stereocenters. The summed E-state index contributed by atoms with van der Waals surface area (Å²) in [7, 11) is 0. The van der Waals surface area contributed by atoms with E-state index in [2.05, 4.69) is 19.2 Å². The van der Waals surface area contributed by atoms with Crippen LogP contribution in [0.15, 0.2) is 77.1 Å². The average molecular weight is 416 g/mol. The van der Waals surface area contributed by atoms with E-state index in [0.717, 1.165) is 34.5 Å². The third-order valence-corrected chi connectivity index (χ3v) is 6.08. The molecule has 4 rings (SSSR count). The number of esters is 1. The molecule has 0 aromatic heterocycles. The molecule has 0 saturated heterocycles. The number of ketones is 1. The first-order valence-electron chi connectivity index (χ1n) is 10.8. The number of rotatable bonds is 4. The second-order valence-electron chi connectivity index (χ2n) is 9.40. The number of carbonyl (C=O) groups excluding carboxylic acids is 2. The lowest BCUT2D eigenvalue weighted by Crippen LogP contribution is -2.38. The highest BCUT2D eigenvalue weighted by Gasteiger charge is 2.43. The van der Waals surface area contributed by atoms with Crippen molar-refractivity contribution in [2.24, 2.45) is 5.41 Å². The number of benzene rings is 2. The van der Waals surface area contributed by atoms with Gasteiger partial charge in [-0.05, 0) is 36.8 Å². The molecule has 160 valence electrons. The number of allylic oxidation sites excluding steroid dienone is 3. The first-order valence-corrected chi connectivity index (χ1v) is 10.8. The van der Waals surface area contributed by atoms with Gasteiger partial charge in [0.1, 0.15) is 6.61 Å². The van der Waals surface area contributed by atoms with Crippen molar-refractivity contribution in [3.05, 3.63) is 93.8 Å². The summed E-state index contributed by atoms with van der Waals surface area (Å²) in [6.45, 7) is 8.35. The molecule has 0 saturated carbocycles. The Morgan fingerprint density at radius 3 is 2.39 bits per heavy atom. The summed E-state index contributed by atoms with van der Waals surface area (Å²) in [5.74, 6) is -0.697. The molecule has 1 heterocycles. The third-order valence-electron chi connectivity index (χ3n) is 6.08. The molecule has 4 heteroatoms. The molecular formula is C27H29NO3. The molecule has 2 aliphatic rings. The molecule has 4 nitrogen and oxygen atoms in total. The summed E-state index contributed by atoms with van der Waals surface area (Å²) in [6, 6.07) is 17.7. The molecule has 0 amide bonds. The van der Waals surface area contributed by atoms with Crippen molar-refractivity contribution in [2.45, 2.75) is 53.1 Å². The molecular weight excluding hydrogens is 386 g/mol. The van der Waals surface area contributed by atoms with Crippen molar-refractivity contribution < 1.29 is 14.3 Å². The first kappa shape index (κ1) is 21.1. The van der Waals surface area contributed by atoms with E-state index in [4.69, 9.17) is 4.74 Å². The van der Waals surface area contributed by atoms with Crippen LogP contribution in [0.1, 0.15) is 56.2 Å². The Bertz CT molecular complexity index is 1080. The van der Waals surface area contributed by atoms with Gasteiger partial charge < -0.3 is 10.1 Å². The Morgan fingerprint density at radius 2 is 1.71 bits per heavy atom. The summed E-state index contributed by atoms with van der Waals surface area (Å²) < 4.78 is 5.70. The molecule has 1 N–H and O–H groups in total. The minimum Gasteiger partial charge on any atom is -0.457 e. The van der Waals surface area contributed by atoms with E-state index in [0.29, 0.717) is 17.6 Å². The summed E-state index contributed by atoms with van der Waals surface area (Å²) in [4.78, 5) is 26.6. The van der Waals surface area contributed by atoms with Crippen LogP contribution >= 0.6 is 0 Å². The van der Waals surface area contributed by atoms with Crippen LogP contribution < -0.4 is 5.32 Å². The topological polar surface area (TPSA) is 55.4 Å². The van der Waals surface area contributed by atoms with E-state index < -0.39 is 5.92 Å². The van der Waals surface area contributed by atoms with Gasteiger partial charge in [-0.25, -0.2) is 4.79 Å². The zero-order chi connectivity index (χ0) is 22.2. The molecule has 1 aliphatic carbocycles. The van der Waals surface area contributed by atoms with Crippen molar-refractivity contribution in [3.8, 4) is 0 Å². The molecule has 1 aliphatic heterocycles. The highest BCUT2D eigenvalue weighted by atomic mass is 16.5. The van der Waals surface area contributed by atoms with Crippen LogP contribution in [0.25, 0.3) is 0 Å². The number of Topliss-reactive ketones (excluding diaryl/α,β-unsaturated/α-hetero) is 1. The first-order chi connectivity index (χ1) is 14.7. The standard InChI is InChI=1S/C27H29NO3/c1-17-10-12-20(13-11-17)24-23(26(30)31-16-19-8-6-5-7-9-19)18(2)28-21-14-27(3,4)15-22(29)25(21)24/h5-13,24,28H,14-16H2,1-4H3. The van der Waals surface area contributed by atoms with Crippen LogP contribution in [-0.4, -0.2) is 11.8 Å². The van der Waals surface area contributed by atoms with E-state index in [-0.39, 0.29) is 23.8 Å². The Labute approximate surface area is 184 Å². The van der Waals surface area contributed by atoms with Gasteiger partial charge in [0.05, 0.1) is 5.57 Å². The largest absolute Gasteiger partial charge is 0.457 e. The van der Waals surface area contributed by atoms with Crippen molar-refractivity contribution in [1.82, 2.24) is 5.32 Å². The molecule has 1 atom stereocenters. The van der Waals surface area contributed by atoms with Gasteiger partial charge in [0.25, 0.3) is 0 Å². The van der Waals surface area contributed by atoms with Crippen LogP contribution in [0.2, 0.25) is 0 Å². The van der Waals surface area contributed by atoms with Crippen molar-refractivity contribution in [2.75, 3.05) is 0 Å². The summed E-state index contributed by atoms with van der Waals surface area (Å²) >= 11 is 0. The van der Waals surface area contributed by atoms with Crippen molar-refractivity contribution >= 4 is 11.8 Å². The fraction of sp³-hybridized carbons (Fsp3) is 0.333. The molecule has 0 fully saturated rings. The van der Waals surface area contributed by atoms with Gasteiger partial charge in [-0.3, -0.25) is 4.79 Å². The van der Waals surface area contributed by atoms with E-state index >= 15 is 0 Å². The number of ether oxygens (including phenoxy) is 1. The fourth-order valence-corrected chi connectivity index (χ4v) is 4.60. The monoisotopic (exact) mass is 415 g/mol. The van der Waals surface area contributed by atoms with Gasteiger partial charge in [-0.1, -0.05) is 74.0 Å². The number of nitrogens with one attached hydrogen (secondary N) is 1. The van der Waals surface area contributed by atoms with E-state index in [1.807, 2.05) is 68.4 Å². The molecule has 0 bridgehead atoms. The highest BCUT2D eigenvalue weighted by molar-refractivity contribution is 6.04. The second-order valence-corrected chi connectivity index (χ2v) is 9.40. The van der Waals surface area contributed by atoms with E-state index in [9.17, 15) is 9.59 Å². The number of dihydropyridines is 1. The predicted molar refractivity (Wildman–Crippen MR) is 121 cm³/mol. The fourth-order valence-electron chi connectivity index (χ4n) is 4.60. The zero-order valence-electron chi connectivity index (χ0n) is 18.6. The van der Waals surface area contributed by atoms with Gasteiger partial charge in [-0.2, -0.15) is 0 Å². The predicted octanol–water partition coefficient (Wildman–Crippen LogP) is 5.34. The molecule has 31 heavy (non-hydrogen) atoms. The molecule has 0 spiro atoms. The molecule has 0 radical (unpaired) electrons. The maximum Gasteiger partial charge on any atom is 0.337 e. The Balaban J connectivity index is 1.73. The average Bonchev–Trinajstić information content (AvgIpc) is 2.71. The molecule has 2 aromatic rings. The zero-order valence-corrected chi connectivity index (χ0v) is 18.6. The van der Waals surface area contributed by atoms with Gasteiger partial charge in [0.15, 0.2) is 5.78 Å². The lowest BCUT2D eigenvalue weighted by atomic mass is 9.68. The third kappa shape index (κ3) is 4.34. The van der Waals surface area contributed by atoms with Crippen LogP contribution in [-0.2, 0) is 20.9 Å². The second kappa shape index (κ2) is 8.18. The Kier molecular flexibility index (Phi) is 5.57. The molecule has 2 aromatic carbocycles. The lowest BCUT2D eigenvalue weighted by Gasteiger charge is -2.39. The van der Waals surface area contributed by atoms with Crippen LogP contribution in [0, 0.1) is 12.3 Å². The maximum absolute atomic E-state index is 13.3. The number of aryl methyl sites for hydroxylation is 1. The van der Waals surface area contributed by atoms with Crippen LogP contribution in [0.5, 0.6) is 0 Å². The quantitative estimate of drug-likeness (QED) is 0.685. The van der Waals surface area contributed by atoms with Gasteiger partial charge in [0.2, 0.25) is 0 Å². The van der Waals surface area contributed by atoms with Gasteiger partial charge >= 0.3 is 5.97 Å². The smallest absolute Gasteiger partial charge is 0.337 e. The van der Waals surface area contributed by atoms with Gasteiger partial charge in [0, 0.05) is 29.3 Å². The normalized spacial score (nSPS) is 20.3. The number of hydrogen-bond acceptors (Lipinski definition) is 4. The van der Waals surface area contributed by atoms with E-state index in [1.165, 1.54) is 0 Å². The maximum atomic E-state index is 13.3. The SMILES string of the molecule is CC1=C(C(=O)OCc2ccccc2)C(c2ccc(C)cc2)C2=C(CC(C)(C)CC2=O)N1. The summed E-state index contributed by atoms with van der Waals surface area (Å²) in [5.41, 5.74) is 5.83. The van der Waals surface area contributed by atoms with Crippen LogP contribution in [0.3, 0.4) is 0 Å². The minimum atomic E-state index is -0.413. The summed E-state index contributed by atoms with van der Waals surface area (Å²) in [6.07, 6.45) is 1.25. The Hall–Kier alpha value is -3.14. The van der Waals surface area contributed by atoms with E-state index in [1.54, 1.807) is 0 Å². The van der Waals surface area contributed by atoms with Crippen molar-refractivity contribution in [1.29, 1.82) is 0 Å². The van der Waals surface area contributed by atoms with Crippen LogP contribution in [0.4, 0.5) is 0 Å². The highest BCUT2D eigenvalue weighted by Crippen LogP contribution is 2.46.